The van der Waals surface area contributed by atoms with Crippen molar-refractivity contribution in [3.63, 3.8) is 0 Å². The van der Waals surface area contributed by atoms with Crippen LogP contribution in [0, 0.1) is 0 Å². The molecule has 0 amide bonds. The van der Waals surface area contributed by atoms with E-state index in [1.54, 1.807) is 0 Å². The minimum atomic E-state index is 0. The molecule has 2 heterocycles. The van der Waals surface area contributed by atoms with Crippen molar-refractivity contribution in [1.82, 2.24) is 5.32 Å². The second-order valence-electron chi connectivity index (χ2n) is 4.03. The summed E-state index contributed by atoms with van der Waals surface area (Å²) in [7, 11) is 0. The van der Waals surface area contributed by atoms with E-state index in [-0.39, 0.29) is 12.4 Å². The van der Waals surface area contributed by atoms with Crippen LogP contribution in [-0.2, 0) is 6.42 Å². The van der Waals surface area contributed by atoms with Crippen molar-refractivity contribution in [3.05, 3.63) is 28.8 Å². The molecule has 0 aromatic heterocycles. The van der Waals surface area contributed by atoms with Gasteiger partial charge in [-0.3, -0.25) is 0 Å². The molecule has 0 radical (unpaired) electrons. The molecule has 0 aliphatic carbocycles. The molecule has 1 unspecified atom stereocenters. The summed E-state index contributed by atoms with van der Waals surface area (Å²) in [5.41, 5.74) is 2.80. The molecule has 2 aliphatic heterocycles. The molecule has 2 nitrogen and oxygen atoms in total. The lowest BCUT2D eigenvalue weighted by Crippen LogP contribution is -2.49. The third kappa shape index (κ3) is 1.82. The highest BCUT2D eigenvalue weighted by Crippen LogP contribution is 2.34. The Balaban J connectivity index is 0.000000853. The monoisotopic (exact) mass is 244 g/mol. The van der Waals surface area contributed by atoms with Gasteiger partial charge in [-0.05, 0) is 24.1 Å². The second kappa shape index (κ2) is 4.20. The van der Waals surface area contributed by atoms with Crippen LogP contribution in [0.3, 0.4) is 0 Å². The molecule has 0 saturated carbocycles. The van der Waals surface area contributed by atoms with Gasteiger partial charge in [0, 0.05) is 36.4 Å². The Morgan fingerprint density at radius 2 is 2.27 bits per heavy atom. The summed E-state index contributed by atoms with van der Waals surface area (Å²) < 4.78 is 0. The van der Waals surface area contributed by atoms with E-state index in [1.165, 1.54) is 17.7 Å². The smallest absolute Gasteiger partial charge is 0.0456 e. The molecular formula is C11H14Cl2N2. The maximum atomic E-state index is 6.01. The lowest BCUT2D eigenvalue weighted by molar-refractivity contribution is 0.495. The number of nitrogens with one attached hydrogen (secondary N) is 1. The van der Waals surface area contributed by atoms with Crippen LogP contribution in [0.4, 0.5) is 5.69 Å². The third-order valence-corrected chi connectivity index (χ3v) is 3.40. The van der Waals surface area contributed by atoms with Gasteiger partial charge in [-0.15, -0.1) is 12.4 Å². The Hall–Kier alpha value is -0.440. The molecule has 15 heavy (non-hydrogen) atoms. The van der Waals surface area contributed by atoms with Gasteiger partial charge < -0.3 is 10.2 Å². The molecule has 1 saturated heterocycles. The summed E-state index contributed by atoms with van der Waals surface area (Å²) >= 11 is 6.01. The molecule has 1 N–H and O–H groups in total. The standard InChI is InChI=1S/C11H13ClN2.ClH/c12-9-2-1-8-5-10-7-13-3-4-14(10)11(8)6-9;/h1-2,6,10,13H,3-5,7H2;1H. The fraction of sp³-hybridized carbons (Fsp3) is 0.455. The van der Waals surface area contributed by atoms with Gasteiger partial charge in [0.2, 0.25) is 0 Å². The van der Waals surface area contributed by atoms with Gasteiger partial charge in [-0.2, -0.15) is 0 Å². The Morgan fingerprint density at radius 1 is 1.40 bits per heavy atom. The average Bonchev–Trinajstić information content (AvgIpc) is 2.56. The molecule has 82 valence electrons. The number of halogens is 2. The Kier molecular flexibility index (Phi) is 3.10. The number of hydrogen-bond donors (Lipinski definition) is 1. The Bertz CT molecular complexity index is 368. The van der Waals surface area contributed by atoms with Crippen LogP contribution in [-0.4, -0.2) is 25.7 Å². The molecule has 1 aromatic rings. The van der Waals surface area contributed by atoms with Crippen molar-refractivity contribution < 1.29 is 0 Å². The zero-order chi connectivity index (χ0) is 9.54. The number of hydrogen-bond acceptors (Lipinski definition) is 2. The molecule has 0 spiro atoms. The summed E-state index contributed by atoms with van der Waals surface area (Å²) in [4.78, 5) is 2.48. The first-order valence-electron chi connectivity index (χ1n) is 5.10. The summed E-state index contributed by atoms with van der Waals surface area (Å²) in [5, 5.41) is 4.28. The van der Waals surface area contributed by atoms with Crippen LogP contribution < -0.4 is 10.2 Å². The molecule has 1 atom stereocenters. The van der Waals surface area contributed by atoms with Crippen molar-refractivity contribution in [3.8, 4) is 0 Å². The number of rotatable bonds is 0. The zero-order valence-corrected chi connectivity index (χ0v) is 9.94. The van der Waals surface area contributed by atoms with E-state index in [1.807, 2.05) is 6.07 Å². The third-order valence-electron chi connectivity index (χ3n) is 3.16. The van der Waals surface area contributed by atoms with E-state index in [2.05, 4.69) is 22.3 Å². The number of fused-ring (bicyclic) bond motifs is 3. The van der Waals surface area contributed by atoms with Crippen LogP contribution in [0.2, 0.25) is 5.02 Å². The minimum absolute atomic E-state index is 0. The quantitative estimate of drug-likeness (QED) is 0.753. The van der Waals surface area contributed by atoms with Crippen LogP contribution in [0.5, 0.6) is 0 Å². The minimum Gasteiger partial charge on any atom is -0.365 e. The van der Waals surface area contributed by atoms with Crippen LogP contribution in [0.15, 0.2) is 18.2 Å². The van der Waals surface area contributed by atoms with Crippen molar-refractivity contribution in [2.45, 2.75) is 12.5 Å². The summed E-state index contributed by atoms with van der Waals surface area (Å²) in [6.45, 7) is 3.30. The topological polar surface area (TPSA) is 15.3 Å². The average molecular weight is 245 g/mol. The fourth-order valence-corrected chi connectivity index (χ4v) is 2.66. The highest BCUT2D eigenvalue weighted by Gasteiger charge is 2.30. The molecule has 1 aromatic carbocycles. The highest BCUT2D eigenvalue weighted by molar-refractivity contribution is 6.30. The number of benzene rings is 1. The number of piperazine rings is 1. The van der Waals surface area contributed by atoms with E-state index in [0.29, 0.717) is 6.04 Å². The first kappa shape index (κ1) is 11.1. The first-order chi connectivity index (χ1) is 6.84. The van der Waals surface area contributed by atoms with Crippen LogP contribution in [0.1, 0.15) is 5.56 Å². The first-order valence-corrected chi connectivity index (χ1v) is 5.48. The molecule has 3 rings (SSSR count). The van der Waals surface area contributed by atoms with E-state index < -0.39 is 0 Å². The highest BCUT2D eigenvalue weighted by atomic mass is 35.5. The second-order valence-corrected chi connectivity index (χ2v) is 4.46. The zero-order valence-electron chi connectivity index (χ0n) is 8.37. The van der Waals surface area contributed by atoms with Crippen molar-refractivity contribution in [1.29, 1.82) is 0 Å². The molecule has 0 bridgehead atoms. The van der Waals surface area contributed by atoms with E-state index in [0.717, 1.165) is 24.7 Å². The summed E-state index contributed by atoms with van der Waals surface area (Å²) in [6, 6.07) is 6.90. The van der Waals surface area contributed by atoms with Gasteiger partial charge in [-0.25, -0.2) is 0 Å². The predicted molar refractivity (Wildman–Crippen MR) is 66.4 cm³/mol. The Labute approximate surface area is 101 Å². The number of anilines is 1. The van der Waals surface area contributed by atoms with Crippen molar-refractivity contribution >= 4 is 29.7 Å². The lowest BCUT2D eigenvalue weighted by atomic mass is 10.1. The summed E-state index contributed by atoms with van der Waals surface area (Å²) in [6.07, 6.45) is 1.17. The molecular weight excluding hydrogens is 231 g/mol. The van der Waals surface area contributed by atoms with Gasteiger partial charge >= 0.3 is 0 Å². The van der Waals surface area contributed by atoms with Gasteiger partial charge in [0.1, 0.15) is 0 Å². The van der Waals surface area contributed by atoms with Crippen molar-refractivity contribution in [2.75, 3.05) is 24.5 Å². The molecule has 4 heteroatoms. The maximum absolute atomic E-state index is 6.01. The molecule has 1 fully saturated rings. The number of nitrogens with zero attached hydrogens (tertiary/aromatic N) is 1. The van der Waals surface area contributed by atoms with E-state index in [4.69, 9.17) is 11.6 Å². The largest absolute Gasteiger partial charge is 0.365 e. The maximum Gasteiger partial charge on any atom is 0.0456 e. The van der Waals surface area contributed by atoms with Crippen LogP contribution >= 0.6 is 24.0 Å². The predicted octanol–water partition coefficient (Wildman–Crippen LogP) is 2.10. The van der Waals surface area contributed by atoms with E-state index in [9.17, 15) is 0 Å². The van der Waals surface area contributed by atoms with Gasteiger partial charge in [0.25, 0.3) is 0 Å². The fourth-order valence-electron chi connectivity index (χ4n) is 2.49. The normalized spacial score (nSPS) is 23.0. The van der Waals surface area contributed by atoms with E-state index >= 15 is 0 Å². The Morgan fingerprint density at radius 3 is 3.13 bits per heavy atom. The van der Waals surface area contributed by atoms with Crippen molar-refractivity contribution in [2.24, 2.45) is 0 Å². The van der Waals surface area contributed by atoms with Gasteiger partial charge in [-0.1, -0.05) is 17.7 Å². The molecule has 2 aliphatic rings. The SMILES string of the molecule is Cl.Clc1ccc2c(c1)N1CCNCC1C2. The summed E-state index contributed by atoms with van der Waals surface area (Å²) in [5.74, 6) is 0. The lowest BCUT2D eigenvalue weighted by Gasteiger charge is -2.32. The van der Waals surface area contributed by atoms with Crippen LogP contribution in [0.25, 0.3) is 0 Å². The van der Waals surface area contributed by atoms with Gasteiger partial charge in [0.05, 0.1) is 0 Å². The van der Waals surface area contributed by atoms with Gasteiger partial charge in [0.15, 0.2) is 0 Å².